The molecular weight excluding hydrogens is 524 g/mol. The highest BCUT2D eigenvalue weighted by Crippen LogP contribution is 2.30. The fourth-order valence-electron chi connectivity index (χ4n) is 2.67. The zero-order valence-corrected chi connectivity index (χ0v) is 18.5. The quantitative estimate of drug-likeness (QED) is 0.456. The zero-order valence-electron chi connectivity index (χ0n) is 14.7. The van der Waals surface area contributed by atoms with E-state index in [1.807, 2.05) is 22.6 Å². The second-order valence-corrected chi connectivity index (χ2v) is 10.3. The van der Waals surface area contributed by atoms with Gasteiger partial charge in [-0.25, -0.2) is 26.6 Å². The highest BCUT2D eigenvalue weighted by atomic mass is 127. The van der Waals surface area contributed by atoms with Gasteiger partial charge in [-0.05, 0) is 66.3 Å². The minimum Gasteiger partial charge on any atom is -0.279 e. The SMILES string of the molecule is Cc1nc(C)c(S(=O)(=O)Nc2ccc(F)c(F)c2Cc2ccc(I)cc2F)s1. The van der Waals surface area contributed by atoms with E-state index >= 15 is 0 Å². The Labute approximate surface area is 178 Å². The summed E-state index contributed by atoms with van der Waals surface area (Å²) in [6, 6.07) is 6.30. The standard InChI is InChI=1S/C18H14F3IN2O2S2/c1-9-18(27-10(2)23-9)28(25,26)24-16-6-5-14(19)17(21)13(16)7-11-3-4-12(22)8-15(11)20/h3-6,8,24H,7H2,1-2H3. The zero-order chi connectivity index (χ0) is 20.6. The molecule has 0 aliphatic carbocycles. The van der Waals surface area contributed by atoms with Crippen molar-refractivity contribution in [2.24, 2.45) is 0 Å². The average molecular weight is 538 g/mol. The van der Waals surface area contributed by atoms with Gasteiger partial charge in [-0.2, -0.15) is 0 Å². The molecule has 1 aromatic heterocycles. The predicted molar refractivity (Wildman–Crippen MR) is 111 cm³/mol. The van der Waals surface area contributed by atoms with E-state index in [0.717, 1.165) is 23.5 Å². The van der Waals surface area contributed by atoms with Crippen molar-refractivity contribution in [1.82, 2.24) is 4.98 Å². The first-order chi connectivity index (χ1) is 13.1. The normalized spacial score (nSPS) is 11.6. The van der Waals surface area contributed by atoms with Gasteiger partial charge in [-0.3, -0.25) is 4.72 Å². The third-order valence-corrected chi connectivity index (χ3v) is 7.65. The van der Waals surface area contributed by atoms with Crippen LogP contribution in [0.3, 0.4) is 0 Å². The summed E-state index contributed by atoms with van der Waals surface area (Å²) in [5.41, 5.74) is 0.00266. The van der Waals surface area contributed by atoms with Crippen molar-refractivity contribution in [2.45, 2.75) is 24.5 Å². The number of benzene rings is 2. The van der Waals surface area contributed by atoms with Gasteiger partial charge in [-0.15, -0.1) is 11.3 Å². The van der Waals surface area contributed by atoms with Gasteiger partial charge in [0.05, 0.1) is 16.4 Å². The van der Waals surface area contributed by atoms with Crippen LogP contribution in [0.4, 0.5) is 18.9 Å². The summed E-state index contributed by atoms with van der Waals surface area (Å²) in [7, 11) is -4.06. The van der Waals surface area contributed by atoms with Crippen molar-refractivity contribution < 1.29 is 21.6 Å². The fraction of sp³-hybridized carbons (Fsp3) is 0.167. The minimum absolute atomic E-state index is 0.0128. The van der Waals surface area contributed by atoms with Crippen molar-refractivity contribution in [1.29, 1.82) is 0 Å². The molecule has 3 rings (SSSR count). The first-order valence-corrected chi connectivity index (χ1v) is 11.3. The number of aromatic nitrogens is 1. The number of halogens is 4. The molecule has 0 amide bonds. The lowest BCUT2D eigenvalue weighted by Gasteiger charge is -2.14. The number of rotatable bonds is 5. The lowest BCUT2D eigenvalue weighted by atomic mass is 10.0. The molecule has 148 valence electrons. The summed E-state index contributed by atoms with van der Waals surface area (Å²) in [6.45, 7) is 3.21. The second kappa shape index (κ2) is 7.99. The van der Waals surface area contributed by atoms with E-state index in [0.29, 0.717) is 14.3 Å². The van der Waals surface area contributed by atoms with Gasteiger partial charge in [0.1, 0.15) is 5.82 Å². The van der Waals surface area contributed by atoms with Crippen LogP contribution in [0.2, 0.25) is 0 Å². The van der Waals surface area contributed by atoms with Crippen LogP contribution in [-0.2, 0) is 16.4 Å². The van der Waals surface area contributed by atoms with Gasteiger partial charge in [0, 0.05) is 15.6 Å². The van der Waals surface area contributed by atoms with Crippen LogP contribution in [0, 0.1) is 34.9 Å². The van der Waals surface area contributed by atoms with E-state index in [2.05, 4.69) is 9.71 Å². The third-order valence-electron chi connectivity index (χ3n) is 3.93. The van der Waals surface area contributed by atoms with Crippen molar-refractivity contribution in [3.05, 3.63) is 73.2 Å². The molecule has 1 heterocycles. The summed E-state index contributed by atoms with van der Waals surface area (Å²) >= 11 is 2.90. The number of hydrogen-bond acceptors (Lipinski definition) is 4. The molecule has 0 fully saturated rings. The molecule has 4 nitrogen and oxygen atoms in total. The molecule has 0 aliphatic heterocycles. The van der Waals surface area contributed by atoms with E-state index in [1.165, 1.54) is 12.1 Å². The molecule has 0 saturated heterocycles. The Bertz CT molecular complexity index is 1160. The summed E-state index contributed by atoms with van der Waals surface area (Å²) in [6.07, 6.45) is -0.315. The Morgan fingerprint density at radius 3 is 2.43 bits per heavy atom. The number of anilines is 1. The first kappa shape index (κ1) is 21.1. The third kappa shape index (κ3) is 4.33. The van der Waals surface area contributed by atoms with Crippen LogP contribution in [0.25, 0.3) is 0 Å². The van der Waals surface area contributed by atoms with Crippen LogP contribution in [-0.4, -0.2) is 13.4 Å². The number of nitrogens with one attached hydrogen (secondary N) is 1. The molecule has 3 aromatic rings. The summed E-state index contributed by atoms with van der Waals surface area (Å²) in [5.74, 6) is -2.96. The van der Waals surface area contributed by atoms with Crippen LogP contribution in [0.5, 0.6) is 0 Å². The van der Waals surface area contributed by atoms with E-state index < -0.39 is 27.5 Å². The smallest absolute Gasteiger partial charge is 0.273 e. The maximum atomic E-state index is 14.5. The van der Waals surface area contributed by atoms with Gasteiger partial charge in [-0.1, -0.05) is 6.07 Å². The van der Waals surface area contributed by atoms with E-state index in [-0.39, 0.29) is 27.4 Å². The van der Waals surface area contributed by atoms with Crippen LogP contribution in [0.15, 0.2) is 34.5 Å². The Morgan fingerprint density at radius 1 is 1.11 bits per heavy atom. The number of thiazole rings is 1. The van der Waals surface area contributed by atoms with E-state index in [4.69, 9.17) is 0 Å². The van der Waals surface area contributed by atoms with Crippen molar-refractivity contribution in [3.63, 3.8) is 0 Å². The lowest BCUT2D eigenvalue weighted by molar-refractivity contribution is 0.500. The Morgan fingerprint density at radius 2 is 1.82 bits per heavy atom. The predicted octanol–water partition coefficient (Wildman–Crippen LogP) is 5.17. The van der Waals surface area contributed by atoms with Gasteiger partial charge < -0.3 is 0 Å². The molecule has 1 N–H and O–H groups in total. The molecule has 0 aliphatic rings. The van der Waals surface area contributed by atoms with Gasteiger partial charge >= 0.3 is 0 Å². The fourth-order valence-corrected chi connectivity index (χ4v) is 5.70. The van der Waals surface area contributed by atoms with E-state index in [9.17, 15) is 21.6 Å². The van der Waals surface area contributed by atoms with Crippen molar-refractivity contribution >= 4 is 49.6 Å². The second-order valence-electron chi connectivity index (χ2n) is 6.01. The molecule has 28 heavy (non-hydrogen) atoms. The highest BCUT2D eigenvalue weighted by molar-refractivity contribution is 14.1. The van der Waals surface area contributed by atoms with Crippen molar-refractivity contribution in [3.8, 4) is 0 Å². The first-order valence-electron chi connectivity index (χ1n) is 7.96. The van der Waals surface area contributed by atoms with Gasteiger partial charge in [0.25, 0.3) is 10.0 Å². The van der Waals surface area contributed by atoms with Crippen LogP contribution in [0.1, 0.15) is 21.8 Å². The Kier molecular flexibility index (Phi) is 6.01. The Hall–Kier alpha value is -1.66. The molecule has 0 bridgehead atoms. The molecule has 0 radical (unpaired) electrons. The van der Waals surface area contributed by atoms with Crippen LogP contribution >= 0.6 is 33.9 Å². The maximum absolute atomic E-state index is 14.5. The number of sulfonamides is 1. The number of hydrogen-bond donors (Lipinski definition) is 1. The summed E-state index contributed by atoms with van der Waals surface area (Å²) in [5, 5.41) is 0.560. The molecule has 10 heteroatoms. The number of nitrogens with zero attached hydrogens (tertiary/aromatic N) is 1. The van der Waals surface area contributed by atoms with Gasteiger partial charge in [0.15, 0.2) is 15.8 Å². The molecule has 0 atom stereocenters. The highest BCUT2D eigenvalue weighted by Gasteiger charge is 2.24. The van der Waals surface area contributed by atoms with E-state index in [1.54, 1.807) is 19.9 Å². The molecule has 0 unspecified atom stereocenters. The van der Waals surface area contributed by atoms with Crippen LogP contribution < -0.4 is 4.72 Å². The minimum atomic E-state index is -4.06. The maximum Gasteiger partial charge on any atom is 0.273 e. The topological polar surface area (TPSA) is 59.1 Å². The number of aryl methyl sites for hydroxylation is 2. The largest absolute Gasteiger partial charge is 0.279 e. The lowest BCUT2D eigenvalue weighted by Crippen LogP contribution is -2.15. The summed E-state index contributed by atoms with van der Waals surface area (Å²) < 4.78 is 70.8. The average Bonchev–Trinajstić information content (AvgIpc) is 2.95. The molecule has 0 spiro atoms. The molecule has 0 saturated carbocycles. The summed E-state index contributed by atoms with van der Waals surface area (Å²) in [4.78, 5) is 4.08. The van der Waals surface area contributed by atoms with Crippen molar-refractivity contribution in [2.75, 3.05) is 4.72 Å². The monoisotopic (exact) mass is 538 g/mol. The Balaban J connectivity index is 2.04. The molecule has 2 aromatic carbocycles. The molecular formula is C18H14F3IN2O2S2. The van der Waals surface area contributed by atoms with Gasteiger partial charge in [0.2, 0.25) is 0 Å².